The summed E-state index contributed by atoms with van der Waals surface area (Å²) < 4.78 is 4.99. The van der Waals surface area contributed by atoms with Crippen molar-refractivity contribution < 1.29 is 79.7 Å². The Bertz CT molecular complexity index is 2140. The molecule has 2 radical (unpaired) electrons. The van der Waals surface area contributed by atoms with E-state index in [0.717, 1.165) is 32.3 Å². The average molecular weight is 622 g/mol. The number of rotatable bonds is 0. The molecular formula is C32H12O3Y2-2. The first-order valence-electron chi connectivity index (χ1n) is 11.5. The van der Waals surface area contributed by atoms with Crippen LogP contribution in [0.1, 0.15) is 20.7 Å². The Balaban J connectivity index is 0.00000116. The maximum absolute atomic E-state index is 12.5. The van der Waals surface area contributed by atoms with Crippen molar-refractivity contribution in [3.8, 4) is 0 Å². The predicted molar refractivity (Wildman–Crippen MR) is 139 cm³/mol. The zero-order valence-electron chi connectivity index (χ0n) is 19.3. The number of hydrogen-bond acceptors (Lipinski definition) is 3. The Morgan fingerprint density at radius 3 is 1.22 bits per heavy atom. The van der Waals surface area contributed by atoms with E-state index in [-0.39, 0.29) is 65.4 Å². The number of fused-ring (bicyclic) bond motifs is 4. The van der Waals surface area contributed by atoms with Gasteiger partial charge in [0.1, 0.15) is 0 Å². The van der Waals surface area contributed by atoms with E-state index in [9.17, 15) is 9.59 Å². The molecule has 1 heterocycles. The van der Waals surface area contributed by atoms with Crippen LogP contribution in [0.5, 0.6) is 0 Å². The van der Waals surface area contributed by atoms with Gasteiger partial charge in [-0.25, -0.2) is 21.7 Å². The van der Waals surface area contributed by atoms with Crippen LogP contribution in [-0.4, -0.2) is 11.9 Å². The van der Waals surface area contributed by atoms with Gasteiger partial charge in [0.25, 0.3) is 0 Å². The van der Waals surface area contributed by atoms with Crippen LogP contribution in [0.3, 0.4) is 0 Å². The van der Waals surface area contributed by atoms with E-state index in [1.165, 1.54) is 37.7 Å². The molecule has 8 aromatic carbocycles. The molecule has 5 heteroatoms. The van der Waals surface area contributed by atoms with E-state index in [0.29, 0.717) is 16.5 Å². The molecule has 37 heavy (non-hydrogen) atoms. The predicted octanol–water partition coefficient (Wildman–Crippen LogP) is 7.54. The summed E-state index contributed by atoms with van der Waals surface area (Å²) in [5.41, 5.74) is 0.893. The second kappa shape index (κ2) is 7.98. The van der Waals surface area contributed by atoms with E-state index in [4.69, 9.17) is 4.74 Å². The van der Waals surface area contributed by atoms with Crippen molar-refractivity contribution in [1.29, 1.82) is 0 Å². The van der Waals surface area contributed by atoms with Gasteiger partial charge in [0.2, 0.25) is 0 Å². The van der Waals surface area contributed by atoms with E-state index in [2.05, 4.69) is 48.5 Å². The molecule has 0 unspecified atom stereocenters. The third kappa shape index (κ3) is 2.76. The SMILES string of the molecule is O=C1OC(=O)c2ccc3c4ccc5c6cc[c-]c7[c-]ccc(c8ccc(c9ccc1c2c93)c4c85)c76.[Y].[Y]. The topological polar surface area (TPSA) is 43.4 Å². The van der Waals surface area contributed by atoms with Gasteiger partial charge in [-0.05, 0) is 60.6 Å². The second-order valence-corrected chi connectivity index (χ2v) is 9.35. The normalized spacial score (nSPS) is 13.3. The minimum atomic E-state index is -0.583. The largest absolute Gasteiger partial charge is 0.386 e. The third-order valence-corrected chi connectivity index (χ3v) is 7.85. The molecule has 0 fully saturated rings. The number of hydrogen-bond donors (Lipinski definition) is 0. The van der Waals surface area contributed by atoms with Crippen molar-refractivity contribution >= 4 is 87.3 Å². The standard InChI is InChI=1S/C32H12O3.2Y/c33-31-24-13-11-22-20-9-7-18-16-5-1-3-15-4-2-6-17(26(15)16)19-8-10-21(28(20)27(18)19)23-12-14-25(32(34)35-31)30(24)29(22)23;;/h1-2,5-14H;;/q-2;;. The monoisotopic (exact) mass is 622 g/mol. The summed E-state index contributed by atoms with van der Waals surface area (Å²) in [5.74, 6) is -1.17. The number of carbonyl (C=O) groups excluding carboxylic acids is 2. The Morgan fingerprint density at radius 2 is 0.784 bits per heavy atom. The van der Waals surface area contributed by atoms with Crippen molar-refractivity contribution in [1.82, 2.24) is 0 Å². The summed E-state index contributed by atoms with van der Waals surface area (Å²) in [6.07, 6.45) is 0. The number of carbonyl (C=O) groups is 2. The maximum atomic E-state index is 12.5. The Kier molecular flexibility index (Phi) is 5.08. The van der Waals surface area contributed by atoms with Gasteiger partial charge >= 0.3 is 11.9 Å². The van der Waals surface area contributed by atoms with Crippen molar-refractivity contribution in [3.05, 3.63) is 96.1 Å². The summed E-state index contributed by atoms with van der Waals surface area (Å²) in [5, 5.41) is 15.4. The van der Waals surface area contributed by atoms with Gasteiger partial charge in [-0.1, -0.05) is 47.9 Å². The van der Waals surface area contributed by atoms with Crippen LogP contribution >= 0.6 is 0 Å². The molecule has 0 atom stereocenters. The van der Waals surface area contributed by atoms with Crippen molar-refractivity contribution in [2.45, 2.75) is 0 Å². The van der Waals surface area contributed by atoms with Crippen LogP contribution in [0.25, 0.3) is 75.4 Å². The van der Waals surface area contributed by atoms with E-state index in [1.54, 1.807) is 12.1 Å². The van der Waals surface area contributed by atoms with E-state index < -0.39 is 11.9 Å². The number of benzene rings is 8. The number of ether oxygens (including phenoxy) is 1. The molecule has 0 aromatic heterocycles. The Hall–Kier alpha value is -2.55. The van der Waals surface area contributed by atoms with Gasteiger partial charge in [0, 0.05) is 70.8 Å². The molecule has 166 valence electrons. The van der Waals surface area contributed by atoms with Gasteiger partial charge in [-0.15, -0.1) is 0 Å². The van der Waals surface area contributed by atoms with Crippen LogP contribution in [0.4, 0.5) is 0 Å². The first-order chi connectivity index (χ1) is 17.2. The molecule has 0 bridgehead atoms. The minimum absolute atomic E-state index is 0. The summed E-state index contributed by atoms with van der Waals surface area (Å²) >= 11 is 0. The van der Waals surface area contributed by atoms with Gasteiger partial charge in [0.15, 0.2) is 0 Å². The van der Waals surface area contributed by atoms with Crippen LogP contribution in [-0.2, 0) is 70.2 Å². The molecule has 3 nitrogen and oxygen atoms in total. The zero-order chi connectivity index (χ0) is 23.0. The van der Waals surface area contributed by atoms with Crippen molar-refractivity contribution in [2.24, 2.45) is 0 Å². The quantitative estimate of drug-likeness (QED) is 0.0578. The average Bonchev–Trinajstić information content (AvgIpc) is 2.89. The second-order valence-electron chi connectivity index (χ2n) is 9.35. The van der Waals surface area contributed by atoms with Gasteiger partial charge < -0.3 is 4.74 Å². The van der Waals surface area contributed by atoms with Gasteiger partial charge in [-0.3, -0.25) is 17.5 Å². The summed E-state index contributed by atoms with van der Waals surface area (Å²) in [6.45, 7) is 0. The van der Waals surface area contributed by atoms with E-state index >= 15 is 0 Å². The van der Waals surface area contributed by atoms with Crippen LogP contribution < -0.4 is 0 Å². The minimum Gasteiger partial charge on any atom is -0.386 e. The number of cyclic esters (lactones) is 2. The van der Waals surface area contributed by atoms with Crippen molar-refractivity contribution in [3.63, 3.8) is 0 Å². The summed E-state index contributed by atoms with van der Waals surface area (Å²) in [4.78, 5) is 25.1. The fourth-order valence-corrected chi connectivity index (χ4v) is 6.50. The molecule has 1 aliphatic rings. The third-order valence-electron chi connectivity index (χ3n) is 7.85. The fraction of sp³-hybridized carbons (Fsp3) is 0. The molecule has 0 aliphatic carbocycles. The first-order valence-corrected chi connectivity index (χ1v) is 11.5. The van der Waals surface area contributed by atoms with Crippen molar-refractivity contribution in [2.75, 3.05) is 0 Å². The Labute approximate surface area is 260 Å². The zero-order valence-corrected chi connectivity index (χ0v) is 25.0. The molecular weight excluding hydrogens is 610 g/mol. The van der Waals surface area contributed by atoms with Crippen LogP contribution in [0, 0.1) is 12.1 Å². The van der Waals surface area contributed by atoms with Gasteiger partial charge in [0.05, 0.1) is 11.1 Å². The summed E-state index contributed by atoms with van der Waals surface area (Å²) in [7, 11) is 0. The smallest absolute Gasteiger partial charge is 0.346 e. The molecule has 0 spiro atoms. The first kappa shape index (κ1) is 23.6. The Morgan fingerprint density at radius 1 is 0.432 bits per heavy atom. The molecule has 0 N–H and O–H groups in total. The summed E-state index contributed by atoms with van der Waals surface area (Å²) in [6, 6.07) is 31.3. The fourth-order valence-electron chi connectivity index (χ4n) is 6.50. The van der Waals surface area contributed by atoms with Crippen LogP contribution in [0.15, 0.2) is 72.8 Å². The molecule has 0 amide bonds. The molecule has 9 rings (SSSR count). The van der Waals surface area contributed by atoms with E-state index in [1.807, 2.05) is 24.3 Å². The molecule has 1 aliphatic heterocycles. The van der Waals surface area contributed by atoms with Crippen LogP contribution in [0.2, 0.25) is 0 Å². The maximum Gasteiger partial charge on any atom is 0.346 e. The van der Waals surface area contributed by atoms with Gasteiger partial charge in [-0.2, -0.15) is 16.8 Å². The number of esters is 2. The molecule has 8 aromatic rings. The molecule has 0 saturated carbocycles. The molecule has 0 saturated heterocycles.